The molecule has 0 aromatic heterocycles. The molecule has 3 nitrogen and oxygen atoms in total. The monoisotopic (exact) mass is 198 g/mol. The van der Waals surface area contributed by atoms with E-state index in [0.29, 0.717) is 11.5 Å². The fraction of sp³-hybridized carbons (Fsp3) is 1.00. The van der Waals surface area contributed by atoms with Crippen LogP contribution >= 0.6 is 0 Å². The molecule has 1 unspecified atom stereocenters. The lowest BCUT2D eigenvalue weighted by Gasteiger charge is -2.46. The van der Waals surface area contributed by atoms with Gasteiger partial charge in [-0.25, -0.2) is 0 Å². The highest BCUT2D eigenvalue weighted by atomic mass is 16.5. The van der Waals surface area contributed by atoms with Crippen LogP contribution < -0.4 is 5.73 Å². The van der Waals surface area contributed by atoms with Gasteiger partial charge in [-0.2, -0.15) is 0 Å². The third-order valence-corrected chi connectivity index (χ3v) is 3.73. The van der Waals surface area contributed by atoms with Gasteiger partial charge in [0.1, 0.15) is 0 Å². The van der Waals surface area contributed by atoms with Crippen molar-refractivity contribution in [1.82, 2.24) is 4.90 Å². The number of nitrogens with zero attached hydrogens (tertiary/aromatic N) is 1. The van der Waals surface area contributed by atoms with Gasteiger partial charge in [0.25, 0.3) is 0 Å². The molecular weight excluding hydrogens is 176 g/mol. The molecule has 0 aromatic carbocycles. The van der Waals surface area contributed by atoms with Crippen LogP contribution in [0.4, 0.5) is 0 Å². The summed E-state index contributed by atoms with van der Waals surface area (Å²) in [5.41, 5.74) is 6.32. The smallest absolute Gasteiger partial charge is 0.0674 e. The second kappa shape index (κ2) is 4.17. The van der Waals surface area contributed by atoms with Gasteiger partial charge in [0.05, 0.1) is 12.7 Å². The maximum absolute atomic E-state index is 5.86. The number of hydrogen-bond acceptors (Lipinski definition) is 3. The lowest BCUT2D eigenvalue weighted by Crippen LogP contribution is -2.51. The van der Waals surface area contributed by atoms with Crippen molar-refractivity contribution in [3.8, 4) is 0 Å². The predicted octanol–water partition coefficient (Wildman–Crippen LogP) is 0.836. The molecule has 1 aliphatic carbocycles. The normalized spacial score (nSPS) is 32.6. The van der Waals surface area contributed by atoms with Crippen molar-refractivity contribution in [2.45, 2.75) is 32.3 Å². The van der Waals surface area contributed by atoms with Crippen LogP contribution in [0.5, 0.6) is 0 Å². The third kappa shape index (κ3) is 2.10. The Bertz CT molecular complexity index is 186. The van der Waals surface area contributed by atoms with E-state index in [-0.39, 0.29) is 0 Å². The van der Waals surface area contributed by atoms with Crippen LogP contribution in [0.2, 0.25) is 0 Å². The fourth-order valence-electron chi connectivity index (χ4n) is 2.61. The second-order valence-electron chi connectivity index (χ2n) is 4.97. The quantitative estimate of drug-likeness (QED) is 0.730. The highest BCUT2D eigenvalue weighted by Gasteiger charge is 2.37. The maximum atomic E-state index is 5.86. The van der Waals surface area contributed by atoms with Gasteiger partial charge < -0.3 is 10.5 Å². The molecule has 1 saturated heterocycles. The Hall–Kier alpha value is -0.120. The standard InChI is InChI=1S/C11H22N2O/c1-10-7-13(5-6-14-10)9-11(8-12)3-2-4-11/h10H,2-9,12H2,1H3. The first-order valence-corrected chi connectivity index (χ1v) is 5.78. The Morgan fingerprint density at radius 3 is 2.79 bits per heavy atom. The van der Waals surface area contributed by atoms with E-state index in [1.54, 1.807) is 0 Å². The van der Waals surface area contributed by atoms with Crippen molar-refractivity contribution in [2.75, 3.05) is 32.8 Å². The number of nitrogens with two attached hydrogens (primary N) is 1. The zero-order chi connectivity index (χ0) is 10.0. The molecule has 14 heavy (non-hydrogen) atoms. The van der Waals surface area contributed by atoms with Crippen LogP contribution in [0.25, 0.3) is 0 Å². The summed E-state index contributed by atoms with van der Waals surface area (Å²) in [5.74, 6) is 0. The van der Waals surface area contributed by atoms with Gasteiger partial charge in [-0.15, -0.1) is 0 Å². The molecule has 0 amide bonds. The minimum absolute atomic E-state index is 0.402. The minimum atomic E-state index is 0.402. The predicted molar refractivity (Wildman–Crippen MR) is 57.2 cm³/mol. The number of morpholine rings is 1. The fourth-order valence-corrected chi connectivity index (χ4v) is 2.61. The first-order valence-electron chi connectivity index (χ1n) is 5.78. The van der Waals surface area contributed by atoms with Crippen LogP contribution in [0.1, 0.15) is 26.2 Å². The Kier molecular flexibility index (Phi) is 3.10. The Balaban J connectivity index is 1.83. The largest absolute Gasteiger partial charge is 0.376 e. The summed E-state index contributed by atoms with van der Waals surface area (Å²) in [4.78, 5) is 2.53. The molecule has 3 heteroatoms. The lowest BCUT2D eigenvalue weighted by molar-refractivity contribution is -0.0422. The molecular formula is C11H22N2O. The maximum Gasteiger partial charge on any atom is 0.0674 e. The number of rotatable bonds is 3. The molecule has 2 N–H and O–H groups in total. The summed E-state index contributed by atoms with van der Waals surface area (Å²) in [7, 11) is 0. The van der Waals surface area contributed by atoms with E-state index in [2.05, 4.69) is 11.8 Å². The molecule has 1 atom stereocenters. The molecule has 1 saturated carbocycles. The average molecular weight is 198 g/mol. The van der Waals surface area contributed by atoms with Gasteiger partial charge in [-0.3, -0.25) is 4.90 Å². The van der Waals surface area contributed by atoms with Crippen molar-refractivity contribution >= 4 is 0 Å². The average Bonchev–Trinajstić information content (AvgIpc) is 2.11. The topological polar surface area (TPSA) is 38.5 Å². The molecule has 2 fully saturated rings. The number of hydrogen-bond donors (Lipinski definition) is 1. The Labute approximate surface area is 86.6 Å². The van der Waals surface area contributed by atoms with Gasteiger partial charge in [-0.1, -0.05) is 6.42 Å². The van der Waals surface area contributed by atoms with E-state index in [0.717, 1.165) is 26.2 Å². The van der Waals surface area contributed by atoms with E-state index in [9.17, 15) is 0 Å². The lowest BCUT2D eigenvalue weighted by atomic mass is 9.68. The molecule has 0 radical (unpaired) electrons. The van der Waals surface area contributed by atoms with Crippen LogP contribution in [0, 0.1) is 5.41 Å². The molecule has 1 heterocycles. The van der Waals surface area contributed by atoms with Crippen LogP contribution in [-0.2, 0) is 4.74 Å². The Morgan fingerprint density at radius 1 is 1.50 bits per heavy atom. The Morgan fingerprint density at radius 2 is 2.29 bits per heavy atom. The van der Waals surface area contributed by atoms with E-state index < -0.39 is 0 Å². The molecule has 0 spiro atoms. The van der Waals surface area contributed by atoms with Crippen molar-refractivity contribution in [3.63, 3.8) is 0 Å². The van der Waals surface area contributed by atoms with Crippen LogP contribution in [0.15, 0.2) is 0 Å². The summed E-state index contributed by atoms with van der Waals surface area (Å²) < 4.78 is 5.53. The SMILES string of the molecule is CC1CN(CC2(CN)CCC2)CCO1. The zero-order valence-electron chi connectivity index (χ0n) is 9.17. The molecule has 2 aliphatic rings. The van der Waals surface area contributed by atoms with Gasteiger partial charge in [-0.05, 0) is 31.7 Å². The summed E-state index contributed by atoms with van der Waals surface area (Å²) in [6.45, 7) is 7.27. The van der Waals surface area contributed by atoms with E-state index >= 15 is 0 Å². The van der Waals surface area contributed by atoms with Crippen LogP contribution in [0.3, 0.4) is 0 Å². The second-order valence-corrected chi connectivity index (χ2v) is 4.97. The summed E-state index contributed by atoms with van der Waals surface area (Å²) in [5, 5.41) is 0. The van der Waals surface area contributed by atoms with E-state index in [1.165, 1.54) is 25.8 Å². The van der Waals surface area contributed by atoms with Crippen molar-refractivity contribution in [1.29, 1.82) is 0 Å². The summed E-state index contributed by atoms with van der Waals surface area (Å²) in [6.07, 6.45) is 4.43. The molecule has 82 valence electrons. The van der Waals surface area contributed by atoms with Crippen molar-refractivity contribution < 1.29 is 4.74 Å². The molecule has 0 aromatic rings. The van der Waals surface area contributed by atoms with Crippen molar-refractivity contribution in [3.05, 3.63) is 0 Å². The van der Waals surface area contributed by atoms with E-state index in [4.69, 9.17) is 10.5 Å². The first kappa shape index (κ1) is 10.4. The third-order valence-electron chi connectivity index (χ3n) is 3.73. The van der Waals surface area contributed by atoms with Gasteiger partial charge >= 0.3 is 0 Å². The van der Waals surface area contributed by atoms with Gasteiger partial charge in [0, 0.05) is 19.6 Å². The van der Waals surface area contributed by atoms with E-state index in [1.807, 2.05) is 0 Å². The number of ether oxygens (including phenoxy) is 1. The molecule has 1 aliphatic heterocycles. The highest BCUT2D eigenvalue weighted by molar-refractivity contribution is 4.91. The van der Waals surface area contributed by atoms with Crippen molar-refractivity contribution in [2.24, 2.45) is 11.1 Å². The van der Waals surface area contributed by atoms with Crippen LogP contribution in [-0.4, -0.2) is 43.8 Å². The minimum Gasteiger partial charge on any atom is -0.376 e. The van der Waals surface area contributed by atoms with Gasteiger partial charge in [0.15, 0.2) is 0 Å². The molecule has 0 bridgehead atoms. The summed E-state index contributed by atoms with van der Waals surface area (Å²) >= 11 is 0. The molecule has 2 rings (SSSR count). The zero-order valence-corrected chi connectivity index (χ0v) is 9.17. The first-order chi connectivity index (χ1) is 6.74. The highest BCUT2D eigenvalue weighted by Crippen LogP contribution is 2.40. The van der Waals surface area contributed by atoms with Gasteiger partial charge in [0.2, 0.25) is 0 Å². The summed E-state index contributed by atoms with van der Waals surface area (Å²) in [6, 6.07) is 0.